The summed E-state index contributed by atoms with van der Waals surface area (Å²) in [6.45, 7) is 0.510. The van der Waals surface area contributed by atoms with E-state index in [0.717, 1.165) is 11.6 Å². The first-order chi connectivity index (χ1) is 13.3. The van der Waals surface area contributed by atoms with E-state index in [4.69, 9.17) is 21.7 Å². The quantitative estimate of drug-likeness (QED) is 0.547. The van der Waals surface area contributed by atoms with Crippen molar-refractivity contribution in [2.45, 2.75) is 25.2 Å². The number of likely N-dealkylation sites (tertiary alicyclic amines) is 1. The molecule has 0 radical (unpaired) electrons. The second-order valence-corrected chi connectivity index (χ2v) is 6.70. The fourth-order valence-electron chi connectivity index (χ4n) is 2.92. The molecule has 8 heteroatoms. The van der Waals surface area contributed by atoms with Crippen LogP contribution in [0.5, 0.6) is 5.75 Å². The van der Waals surface area contributed by atoms with Crippen molar-refractivity contribution >= 4 is 23.2 Å². The molecule has 0 saturated carbocycles. The summed E-state index contributed by atoms with van der Waals surface area (Å²) in [6.07, 6.45) is -4.05. The summed E-state index contributed by atoms with van der Waals surface area (Å²) in [5.74, 6) is -0.719. The van der Waals surface area contributed by atoms with Crippen molar-refractivity contribution in [1.29, 1.82) is 0 Å². The van der Waals surface area contributed by atoms with Crippen molar-refractivity contribution in [3.8, 4) is 5.75 Å². The summed E-state index contributed by atoms with van der Waals surface area (Å²) >= 11 is 5.31. The minimum Gasteiger partial charge on any atom is -0.488 e. The number of hydrogen-bond acceptors (Lipinski definition) is 4. The molecule has 1 aliphatic rings. The maximum absolute atomic E-state index is 13.6. The van der Waals surface area contributed by atoms with E-state index in [0.29, 0.717) is 13.0 Å². The van der Waals surface area contributed by atoms with Gasteiger partial charge in [0.1, 0.15) is 23.4 Å². The number of halogens is 3. The molecular formula is C20H18F3NO3S. The molecule has 1 unspecified atom stereocenters. The van der Waals surface area contributed by atoms with E-state index in [2.05, 4.69) is 0 Å². The first-order valence-corrected chi connectivity index (χ1v) is 8.99. The van der Waals surface area contributed by atoms with Crippen LogP contribution in [0.2, 0.25) is 0 Å². The van der Waals surface area contributed by atoms with Crippen molar-refractivity contribution in [1.82, 2.24) is 4.90 Å². The Kier molecular flexibility index (Phi) is 5.88. The molecule has 0 aromatic heterocycles. The number of nitrogens with zero attached hydrogens (tertiary/aromatic N) is 1. The highest BCUT2D eigenvalue weighted by Crippen LogP contribution is 2.38. The summed E-state index contributed by atoms with van der Waals surface area (Å²) in [7, 11) is 1.27. The second-order valence-electron chi connectivity index (χ2n) is 6.31. The zero-order valence-electron chi connectivity index (χ0n) is 15.0. The molecule has 4 nitrogen and oxygen atoms in total. The minimum atomic E-state index is -4.60. The minimum absolute atomic E-state index is 0.0181. The summed E-state index contributed by atoms with van der Waals surface area (Å²) in [6, 6.07) is 12.1. The third kappa shape index (κ3) is 4.27. The van der Waals surface area contributed by atoms with Crippen LogP contribution in [0.25, 0.3) is 0 Å². The lowest BCUT2D eigenvalue weighted by Gasteiger charge is -2.40. The number of alkyl halides is 3. The number of esters is 1. The van der Waals surface area contributed by atoms with Crippen molar-refractivity contribution in [2.75, 3.05) is 13.7 Å². The Morgan fingerprint density at radius 2 is 1.93 bits per heavy atom. The Hall–Kier alpha value is -2.61. The maximum Gasteiger partial charge on any atom is 0.419 e. The topological polar surface area (TPSA) is 38.8 Å². The summed E-state index contributed by atoms with van der Waals surface area (Å²) < 4.78 is 50.8. The molecule has 0 amide bonds. The Morgan fingerprint density at radius 3 is 2.50 bits per heavy atom. The predicted molar refractivity (Wildman–Crippen MR) is 101 cm³/mol. The highest BCUT2D eigenvalue weighted by Gasteiger charge is 2.39. The number of hydrogen-bond donors (Lipinski definition) is 0. The van der Waals surface area contributed by atoms with Crippen molar-refractivity contribution in [2.24, 2.45) is 0 Å². The van der Waals surface area contributed by atoms with E-state index < -0.39 is 23.8 Å². The van der Waals surface area contributed by atoms with E-state index in [1.807, 2.05) is 6.07 Å². The standard InChI is InChI=1S/C20H18F3NO3S/c1-26-19(25)16-9-10-24(16)18(28)14-7-8-17(15(11-14)20(21,22)23)27-12-13-5-3-2-4-6-13/h2-8,11,16H,9-10,12H2,1H3. The fourth-order valence-corrected chi connectivity index (χ4v) is 3.27. The Morgan fingerprint density at radius 1 is 1.21 bits per heavy atom. The van der Waals surface area contributed by atoms with E-state index >= 15 is 0 Å². The van der Waals surface area contributed by atoms with Crippen LogP contribution >= 0.6 is 12.2 Å². The predicted octanol–water partition coefficient (Wildman–Crippen LogP) is 4.21. The van der Waals surface area contributed by atoms with E-state index in [1.165, 1.54) is 19.2 Å². The third-order valence-electron chi connectivity index (χ3n) is 4.52. The molecule has 28 heavy (non-hydrogen) atoms. The number of thiocarbonyl (C=S) groups is 1. The largest absolute Gasteiger partial charge is 0.488 e. The highest BCUT2D eigenvalue weighted by atomic mass is 32.1. The van der Waals surface area contributed by atoms with Gasteiger partial charge in [0.15, 0.2) is 0 Å². The average molecular weight is 409 g/mol. The first-order valence-electron chi connectivity index (χ1n) is 8.58. The van der Waals surface area contributed by atoms with Crippen molar-refractivity contribution in [3.05, 3.63) is 65.2 Å². The lowest BCUT2D eigenvalue weighted by molar-refractivity contribution is -0.148. The SMILES string of the molecule is COC(=O)C1CCN1C(=S)c1ccc(OCc2ccccc2)c(C(F)(F)F)c1. The number of methoxy groups -OCH3 is 1. The van der Waals surface area contributed by atoms with Gasteiger partial charge >= 0.3 is 12.1 Å². The molecule has 0 spiro atoms. The van der Waals surface area contributed by atoms with Crippen LogP contribution in [0.3, 0.4) is 0 Å². The zero-order chi connectivity index (χ0) is 20.3. The van der Waals surface area contributed by atoms with Gasteiger partial charge in [-0.3, -0.25) is 0 Å². The van der Waals surface area contributed by atoms with Gasteiger partial charge in [0.2, 0.25) is 0 Å². The summed E-state index contributed by atoms with van der Waals surface area (Å²) in [4.78, 5) is 13.5. The molecule has 0 bridgehead atoms. The maximum atomic E-state index is 13.6. The molecule has 1 atom stereocenters. The summed E-state index contributed by atoms with van der Waals surface area (Å²) in [5, 5.41) is 0. The molecule has 2 aromatic carbocycles. The van der Waals surface area contributed by atoms with E-state index in [-0.39, 0.29) is 22.9 Å². The average Bonchev–Trinajstić information content (AvgIpc) is 2.65. The van der Waals surface area contributed by atoms with Gasteiger partial charge in [-0.15, -0.1) is 0 Å². The molecule has 0 N–H and O–H groups in total. The molecule has 148 valence electrons. The molecule has 3 rings (SSSR count). The molecular weight excluding hydrogens is 391 g/mol. The van der Waals surface area contributed by atoms with Gasteiger partial charge < -0.3 is 14.4 Å². The van der Waals surface area contributed by atoms with Crippen LogP contribution in [-0.2, 0) is 22.3 Å². The van der Waals surface area contributed by atoms with Crippen LogP contribution in [0.4, 0.5) is 13.2 Å². The smallest absolute Gasteiger partial charge is 0.419 e. The molecule has 1 fully saturated rings. The van der Waals surface area contributed by atoms with Gasteiger partial charge in [0, 0.05) is 12.1 Å². The molecule has 2 aromatic rings. The number of rotatable bonds is 5. The lowest BCUT2D eigenvalue weighted by atomic mass is 10.0. The van der Waals surface area contributed by atoms with Crippen molar-refractivity contribution < 1.29 is 27.4 Å². The number of carbonyl (C=O) groups excluding carboxylic acids is 1. The Labute approximate surface area is 165 Å². The van der Waals surface area contributed by atoms with Gasteiger partial charge in [0.05, 0.1) is 12.7 Å². The second kappa shape index (κ2) is 8.18. The van der Waals surface area contributed by atoms with E-state index in [9.17, 15) is 18.0 Å². The fraction of sp³-hybridized carbons (Fsp3) is 0.300. The van der Waals surface area contributed by atoms with Crippen molar-refractivity contribution in [3.63, 3.8) is 0 Å². The molecule has 1 heterocycles. The van der Waals surface area contributed by atoms with E-state index in [1.54, 1.807) is 29.2 Å². The monoisotopic (exact) mass is 409 g/mol. The van der Waals surface area contributed by atoms with Crippen LogP contribution in [0, 0.1) is 0 Å². The normalized spacial score (nSPS) is 16.3. The van der Waals surface area contributed by atoms with Gasteiger partial charge in [0.25, 0.3) is 0 Å². The molecule has 1 aliphatic heterocycles. The first kappa shape index (κ1) is 20.1. The van der Waals surface area contributed by atoms with Crippen LogP contribution in [0.15, 0.2) is 48.5 Å². The summed E-state index contributed by atoms with van der Waals surface area (Å²) in [5.41, 5.74) is 0.0677. The number of benzene rings is 2. The number of ether oxygens (including phenoxy) is 2. The molecule has 0 aliphatic carbocycles. The van der Waals surface area contributed by atoms with Gasteiger partial charge in [-0.1, -0.05) is 42.5 Å². The van der Waals surface area contributed by atoms with Gasteiger partial charge in [-0.2, -0.15) is 13.2 Å². The van der Waals surface area contributed by atoms with Crippen LogP contribution in [-0.4, -0.2) is 35.6 Å². The van der Waals surface area contributed by atoms with Crippen LogP contribution < -0.4 is 4.74 Å². The van der Waals surface area contributed by atoms with Crippen LogP contribution in [0.1, 0.15) is 23.1 Å². The molecule has 1 saturated heterocycles. The lowest BCUT2D eigenvalue weighted by Crippen LogP contribution is -2.55. The Bertz CT molecular complexity index is 871. The highest BCUT2D eigenvalue weighted by molar-refractivity contribution is 7.80. The number of carbonyl (C=O) groups is 1. The zero-order valence-corrected chi connectivity index (χ0v) is 15.8. The Balaban J connectivity index is 1.82. The third-order valence-corrected chi connectivity index (χ3v) is 4.99. The van der Waals surface area contributed by atoms with Gasteiger partial charge in [-0.05, 0) is 30.2 Å². The van der Waals surface area contributed by atoms with Gasteiger partial charge in [-0.25, -0.2) is 4.79 Å².